The molecule has 2 aliphatic rings. The van der Waals surface area contributed by atoms with Gasteiger partial charge in [0.25, 0.3) is 0 Å². The second kappa shape index (κ2) is 5.55. The van der Waals surface area contributed by atoms with E-state index in [1.165, 1.54) is 12.8 Å². The number of carboxylic acids is 1. The van der Waals surface area contributed by atoms with Crippen molar-refractivity contribution in [2.24, 2.45) is 11.8 Å². The molecular formula is C14H21NO3. The predicted molar refractivity (Wildman–Crippen MR) is 68.0 cm³/mol. The molecule has 2 rings (SSSR count). The van der Waals surface area contributed by atoms with Gasteiger partial charge < -0.3 is 10.0 Å². The highest BCUT2D eigenvalue weighted by Crippen LogP contribution is 2.30. The molecule has 0 saturated heterocycles. The molecule has 0 radical (unpaired) electrons. The maximum absolute atomic E-state index is 12.4. The molecule has 4 nitrogen and oxygen atoms in total. The van der Waals surface area contributed by atoms with E-state index in [4.69, 9.17) is 0 Å². The smallest absolute Gasteiger partial charge is 0.307 e. The fraction of sp³-hybridized carbons (Fsp3) is 0.714. The fourth-order valence-corrected chi connectivity index (χ4v) is 3.09. The van der Waals surface area contributed by atoms with Crippen LogP contribution in [0.15, 0.2) is 12.2 Å². The van der Waals surface area contributed by atoms with E-state index in [0.717, 1.165) is 12.8 Å². The summed E-state index contributed by atoms with van der Waals surface area (Å²) in [6.45, 7) is 0. The van der Waals surface area contributed by atoms with Crippen LogP contribution in [0.4, 0.5) is 0 Å². The summed E-state index contributed by atoms with van der Waals surface area (Å²) in [6.07, 6.45) is 9.31. The lowest BCUT2D eigenvalue weighted by atomic mass is 9.82. The number of carbonyl (C=O) groups is 2. The lowest BCUT2D eigenvalue weighted by Gasteiger charge is -2.32. The third-order valence-corrected chi connectivity index (χ3v) is 4.29. The summed E-state index contributed by atoms with van der Waals surface area (Å²) in [6, 6.07) is 0.317. The van der Waals surface area contributed by atoms with Crippen molar-refractivity contribution in [2.45, 2.75) is 44.6 Å². The van der Waals surface area contributed by atoms with E-state index in [9.17, 15) is 14.7 Å². The summed E-state index contributed by atoms with van der Waals surface area (Å²) in [5.74, 6) is -1.76. The Balaban J connectivity index is 2.06. The average Bonchev–Trinajstić information content (AvgIpc) is 2.90. The van der Waals surface area contributed by atoms with E-state index in [-0.39, 0.29) is 11.8 Å². The number of aliphatic carboxylic acids is 1. The Bertz CT molecular complexity index is 358. The molecule has 0 spiro atoms. The SMILES string of the molecule is CN(C(=O)[C@@H]1CC=CC[C@@H]1C(=O)O)C1CCCC1. The summed E-state index contributed by atoms with van der Waals surface area (Å²) < 4.78 is 0. The lowest BCUT2D eigenvalue weighted by Crippen LogP contribution is -2.43. The number of amides is 1. The van der Waals surface area contributed by atoms with Crippen LogP contribution in [0.1, 0.15) is 38.5 Å². The van der Waals surface area contributed by atoms with Crippen molar-refractivity contribution >= 4 is 11.9 Å². The molecular weight excluding hydrogens is 230 g/mol. The van der Waals surface area contributed by atoms with Gasteiger partial charge in [-0.2, -0.15) is 0 Å². The Kier molecular flexibility index (Phi) is 4.04. The van der Waals surface area contributed by atoms with E-state index in [2.05, 4.69) is 0 Å². The van der Waals surface area contributed by atoms with Crippen LogP contribution in [-0.2, 0) is 9.59 Å². The molecule has 0 aromatic rings. The maximum Gasteiger partial charge on any atom is 0.307 e. The molecule has 1 N–H and O–H groups in total. The average molecular weight is 251 g/mol. The Morgan fingerprint density at radius 2 is 1.67 bits per heavy atom. The second-order valence-electron chi connectivity index (χ2n) is 5.38. The van der Waals surface area contributed by atoms with Gasteiger partial charge in [0.2, 0.25) is 5.91 Å². The lowest BCUT2D eigenvalue weighted by molar-refractivity contribution is -0.150. The summed E-state index contributed by atoms with van der Waals surface area (Å²) in [4.78, 5) is 25.4. The zero-order valence-corrected chi connectivity index (χ0v) is 10.8. The van der Waals surface area contributed by atoms with Crippen LogP contribution in [0.5, 0.6) is 0 Å². The van der Waals surface area contributed by atoms with Crippen LogP contribution in [-0.4, -0.2) is 35.0 Å². The Labute approximate surface area is 108 Å². The Morgan fingerprint density at radius 3 is 2.22 bits per heavy atom. The molecule has 0 heterocycles. The van der Waals surface area contributed by atoms with Gasteiger partial charge in [0, 0.05) is 13.1 Å². The van der Waals surface area contributed by atoms with Gasteiger partial charge in [-0.1, -0.05) is 25.0 Å². The van der Waals surface area contributed by atoms with Crippen LogP contribution >= 0.6 is 0 Å². The summed E-state index contributed by atoms with van der Waals surface area (Å²) in [7, 11) is 1.83. The number of hydrogen-bond acceptors (Lipinski definition) is 2. The Hall–Kier alpha value is -1.32. The van der Waals surface area contributed by atoms with Gasteiger partial charge in [-0.25, -0.2) is 0 Å². The van der Waals surface area contributed by atoms with Crippen LogP contribution in [0, 0.1) is 11.8 Å². The van der Waals surface area contributed by atoms with Crippen molar-refractivity contribution in [1.29, 1.82) is 0 Å². The number of carboxylic acid groups (broad SMARTS) is 1. The normalized spacial score (nSPS) is 28.3. The quantitative estimate of drug-likeness (QED) is 0.781. The van der Waals surface area contributed by atoms with Crippen LogP contribution in [0.3, 0.4) is 0 Å². The zero-order chi connectivity index (χ0) is 13.1. The predicted octanol–water partition coefficient (Wildman–Crippen LogP) is 2.05. The number of rotatable bonds is 3. The Morgan fingerprint density at radius 1 is 1.11 bits per heavy atom. The third kappa shape index (κ3) is 2.57. The molecule has 0 unspecified atom stereocenters. The fourth-order valence-electron chi connectivity index (χ4n) is 3.09. The molecule has 100 valence electrons. The number of nitrogens with zero attached hydrogens (tertiary/aromatic N) is 1. The molecule has 0 bridgehead atoms. The van der Waals surface area contributed by atoms with Gasteiger partial charge in [0.1, 0.15) is 0 Å². The van der Waals surface area contributed by atoms with E-state index >= 15 is 0 Å². The van der Waals surface area contributed by atoms with Gasteiger partial charge in [-0.3, -0.25) is 9.59 Å². The number of allylic oxidation sites excluding steroid dienone is 2. The molecule has 2 atom stereocenters. The monoisotopic (exact) mass is 251 g/mol. The molecule has 1 saturated carbocycles. The second-order valence-corrected chi connectivity index (χ2v) is 5.38. The molecule has 0 aromatic heterocycles. The van der Waals surface area contributed by atoms with Crippen molar-refractivity contribution in [3.05, 3.63) is 12.2 Å². The largest absolute Gasteiger partial charge is 0.481 e. The van der Waals surface area contributed by atoms with Gasteiger partial charge in [0.15, 0.2) is 0 Å². The molecule has 1 amide bonds. The minimum absolute atomic E-state index is 0.0126. The highest BCUT2D eigenvalue weighted by atomic mass is 16.4. The van der Waals surface area contributed by atoms with E-state index < -0.39 is 11.9 Å². The van der Waals surface area contributed by atoms with Gasteiger partial charge in [-0.05, 0) is 25.7 Å². The van der Waals surface area contributed by atoms with Crippen LogP contribution in [0.2, 0.25) is 0 Å². The van der Waals surface area contributed by atoms with Crippen molar-refractivity contribution in [3.8, 4) is 0 Å². The summed E-state index contributed by atoms with van der Waals surface area (Å²) in [5, 5.41) is 9.20. The number of hydrogen-bond donors (Lipinski definition) is 1. The van der Waals surface area contributed by atoms with E-state index in [1.807, 2.05) is 19.2 Å². The molecule has 18 heavy (non-hydrogen) atoms. The summed E-state index contributed by atoms with van der Waals surface area (Å²) in [5.41, 5.74) is 0. The number of carbonyl (C=O) groups excluding carboxylic acids is 1. The van der Waals surface area contributed by atoms with Crippen molar-refractivity contribution in [2.75, 3.05) is 7.05 Å². The third-order valence-electron chi connectivity index (χ3n) is 4.29. The molecule has 2 aliphatic carbocycles. The molecule has 4 heteroatoms. The summed E-state index contributed by atoms with van der Waals surface area (Å²) >= 11 is 0. The molecule has 0 aromatic carbocycles. The standard InChI is InChI=1S/C14H21NO3/c1-15(10-6-2-3-7-10)13(16)11-8-4-5-9-12(11)14(17)18/h4-5,10-12H,2-3,6-9H2,1H3,(H,17,18)/t11-,12+/m1/s1. The highest BCUT2D eigenvalue weighted by molar-refractivity contribution is 5.85. The molecule has 0 aliphatic heterocycles. The molecule has 1 fully saturated rings. The van der Waals surface area contributed by atoms with Gasteiger partial charge >= 0.3 is 5.97 Å². The van der Waals surface area contributed by atoms with Crippen LogP contribution < -0.4 is 0 Å². The van der Waals surface area contributed by atoms with Crippen molar-refractivity contribution < 1.29 is 14.7 Å². The van der Waals surface area contributed by atoms with Crippen molar-refractivity contribution in [1.82, 2.24) is 4.90 Å². The maximum atomic E-state index is 12.4. The van der Waals surface area contributed by atoms with E-state index in [1.54, 1.807) is 4.90 Å². The zero-order valence-electron chi connectivity index (χ0n) is 10.8. The van der Waals surface area contributed by atoms with Gasteiger partial charge in [0.05, 0.1) is 11.8 Å². The first-order valence-electron chi connectivity index (χ1n) is 6.75. The minimum atomic E-state index is -0.850. The first kappa shape index (κ1) is 13.1. The first-order chi connectivity index (χ1) is 8.61. The minimum Gasteiger partial charge on any atom is -0.481 e. The van der Waals surface area contributed by atoms with Gasteiger partial charge in [-0.15, -0.1) is 0 Å². The topological polar surface area (TPSA) is 57.6 Å². The highest BCUT2D eigenvalue weighted by Gasteiger charge is 2.37. The van der Waals surface area contributed by atoms with E-state index in [0.29, 0.717) is 18.9 Å². The van der Waals surface area contributed by atoms with Crippen molar-refractivity contribution in [3.63, 3.8) is 0 Å². The van der Waals surface area contributed by atoms with Crippen LogP contribution in [0.25, 0.3) is 0 Å². The first-order valence-corrected chi connectivity index (χ1v) is 6.75.